The van der Waals surface area contributed by atoms with Crippen molar-refractivity contribution in [3.05, 3.63) is 18.2 Å². The lowest BCUT2D eigenvalue weighted by Crippen LogP contribution is -2.52. The van der Waals surface area contributed by atoms with E-state index >= 15 is 0 Å². The lowest BCUT2D eigenvalue weighted by Gasteiger charge is -2.35. The Morgan fingerprint density at radius 3 is 2.64 bits per heavy atom. The van der Waals surface area contributed by atoms with Crippen LogP contribution in [-0.4, -0.2) is 74.4 Å². The van der Waals surface area contributed by atoms with E-state index in [0.717, 1.165) is 12.8 Å². The number of rotatable bonds is 3. The summed E-state index contributed by atoms with van der Waals surface area (Å²) >= 11 is 0. The first kappa shape index (κ1) is 19.2. The minimum Gasteiger partial charge on any atom is -0.479 e. The third-order valence-corrected chi connectivity index (χ3v) is 7.17. The zero-order valence-corrected chi connectivity index (χ0v) is 16.4. The van der Waals surface area contributed by atoms with E-state index in [9.17, 15) is 18.0 Å². The van der Waals surface area contributed by atoms with Gasteiger partial charge in [0.25, 0.3) is 11.8 Å². The van der Waals surface area contributed by atoms with Gasteiger partial charge in [0.2, 0.25) is 10.0 Å². The van der Waals surface area contributed by atoms with E-state index in [1.165, 1.54) is 16.4 Å². The Kier molecular flexibility index (Phi) is 5.02. The standard InChI is InChI=1S/C18H23N3O6S/c1-12-17(22)19-14-11-13(4-5-15(14)27-12)28(24,25)21-8-6-20(7-9-21)18(23)16-3-2-10-26-16/h4-5,11-12,16H,2-3,6-10H2,1H3,(H,19,22)/t12-,16-/m0/s1. The summed E-state index contributed by atoms with van der Waals surface area (Å²) in [5.74, 6) is 0.0682. The molecule has 28 heavy (non-hydrogen) atoms. The van der Waals surface area contributed by atoms with Gasteiger partial charge >= 0.3 is 0 Å². The first-order valence-electron chi connectivity index (χ1n) is 9.38. The molecule has 0 spiro atoms. The molecular weight excluding hydrogens is 386 g/mol. The molecule has 1 N–H and O–H groups in total. The number of ether oxygens (including phenoxy) is 2. The predicted octanol–water partition coefficient (Wildman–Crippen LogP) is 0.418. The Morgan fingerprint density at radius 2 is 1.96 bits per heavy atom. The van der Waals surface area contributed by atoms with Crippen LogP contribution < -0.4 is 10.1 Å². The molecule has 10 heteroatoms. The first-order chi connectivity index (χ1) is 13.4. The molecule has 0 radical (unpaired) electrons. The minimum atomic E-state index is -3.74. The molecule has 3 aliphatic rings. The number of fused-ring (bicyclic) bond motifs is 1. The van der Waals surface area contributed by atoms with Gasteiger partial charge in [-0.05, 0) is 38.0 Å². The smallest absolute Gasteiger partial charge is 0.265 e. The van der Waals surface area contributed by atoms with Crippen molar-refractivity contribution in [2.45, 2.75) is 36.9 Å². The lowest BCUT2D eigenvalue weighted by atomic mass is 10.2. The van der Waals surface area contributed by atoms with Gasteiger partial charge in [-0.25, -0.2) is 8.42 Å². The summed E-state index contributed by atoms with van der Waals surface area (Å²) in [4.78, 5) is 26.0. The molecule has 1 aromatic carbocycles. The highest BCUT2D eigenvalue weighted by Crippen LogP contribution is 2.33. The molecular formula is C18H23N3O6S. The second kappa shape index (κ2) is 7.34. The molecule has 2 fully saturated rings. The molecule has 2 amide bonds. The van der Waals surface area contributed by atoms with Gasteiger partial charge < -0.3 is 19.7 Å². The normalized spacial score (nSPS) is 25.8. The van der Waals surface area contributed by atoms with Crippen LogP contribution in [-0.2, 0) is 24.3 Å². The van der Waals surface area contributed by atoms with Crippen LogP contribution in [0.4, 0.5) is 5.69 Å². The van der Waals surface area contributed by atoms with Gasteiger partial charge in [-0.3, -0.25) is 9.59 Å². The van der Waals surface area contributed by atoms with Crippen molar-refractivity contribution in [3.8, 4) is 5.75 Å². The number of amides is 2. The zero-order chi connectivity index (χ0) is 19.9. The fourth-order valence-corrected chi connectivity index (χ4v) is 5.07. The molecule has 152 valence electrons. The van der Waals surface area contributed by atoms with Crippen LogP contribution in [0.1, 0.15) is 19.8 Å². The summed E-state index contributed by atoms with van der Waals surface area (Å²) in [7, 11) is -3.74. The maximum atomic E-state index is 13.0. The molecule has 1 aromatic rings. The number of nitrogens with zero attached hydrogens (tertiary/aromatic N) is 2. The van der Waals surface area contributed by atoms with Gasteiger partial charge in [0.05, 0.1) is 10.6 Å². The molecule has 4 rings (SSSR count). The summed E-state index contributed by atoms with van der Waals surface area (Å²) in [6.07, 6.45) is 0.584. The number of carbonyl (C=O) groups is 2. The highest BCUT2D eigenvalue weighted by atomic mass is 32.2. The summed E-state index contributed by atoms with van der Waals surface area (Å²) < 4.78 is 38.3. The van der Waals surface area contributed by atoms with Crippen LogP contribution in [0.2, 0.25) is 0 Å². The predicted molar refractivity (Wildman–Crippen MR) is 99.5 cm³/mol. The van der Waals surface area contributed by atoms with Crippen LogP contribution >= 0.6 is 0 Å². The second-order valence-corrected chi connectivity index (χ2v) is 9.08. The minimum absolute atomic E-state index is 0.0580. The number of benzene rings is 1. The Hall–Kier alpha value is -2.17. The monoisotopic (exact) mass is 409 g/mol. The van der Waals surface area contributed by atoms with E-state index in [-0.39, 0.29) is 29.8 Å². The van der Waals surface area contributed by atoms with Gasteiger partial charge in [0.15, 0.2) is 6.10 Å². The molecule has 3 heterocycles. The van der Waals surface area contributed by atoms with Crippen LogP contribution in [0.25, 0.3) is 0 Å². The van der Waals surface area contributed by atoms with E-state index < -0.39 is 22.2 Å². The third kappa shape index (κ3) is 3.47. The maximum absolute atomic E-state index is 13.0. The Labute approximate surface area is 163 Å². The highest BCUT2D eigenvalue weighted by molar-refractivity contribution is 7.89. The topological polar surface area (TPSA) is 105 Å². The maximum Gasteiger partial charge on any atom is 0.265 e. The summed E-state index contributed by atoms with van der Waals surface area (Å²) in [5.41, 5.74) is 0.344. The van der Waals surface area contributed by atoms with Gasteiger partial charge in [0, 0.05) is 32.8 Å². The second-order valence-electron chi connectivity index (χ2n) is 7.14. The average molecular weight is 409 g/mol. The zero-order valence-electron chi connectivity index (χ0n) is 15.6. The van der Waals surface area contributed by atoms with Crippen LogP contribution in [0, 0.1) is 0 Å². The van der Waals surface area contributed by atoms with Gasteiger partial charge in [-0.15, -0.1) is 0 Å². The van der Waals surface area contributed by atoms with Crippen LogP contribution in [0.15, 0.2) is 23.1 Å². The molecule has 0 saturated carbocycles. The quantitative estimate of drug-likeness (QED) is 0.776. The third-order valence-electron chi connectivity index (χ3n) is 5.28. The van der Waals surface area contributed by atoms with Crippen molar-refractivity contribution in [1.82, 2.24) is 9.21 Å². The Morgan fingerprint density at radius 1 is 1.21 bits per heavy atom. The molecule has 9 nitrogen and oxygen atoms in total. The average Bonchev–Trinajstić information content (AvgIpc) is 3.23. The number of nitrogens with one attached hydrogen (secondary N) is 1. The number of carbonyl (C=O) groups excluding carboxylic acids is 2. The number of sulfonamides is 1. The molecule has 3 aliphatic heterocycles. The Balaban J connectivity index is 1.45. The molecule has 2 saturated heterocycles. The molecule has 0 unspecified atom stereocenters. The number of piperazine rings is 1. The molecule has 2 atom stereocenters. The fourth-order valence-electron chi connectivity index (χ4n) is 3.62. The van der Waals surface area contributed by atoms with Gasteiger partial charge in [-0.2, -0.15) is 4.31 Å². The van der Waals surface area contributed by atoms with Gasteiger partial charge in [0.1, 0.15) is 11.9 Å². The number of hydrogen-bond donors (Lipinski definition) is 1. The van der Waals surface area contributed by atoms with Crippen molar-refractivity contribution in [2.24, 2.45) is 0 Å². The van der Waals surface area contributed by atoms with Crippen molar-refractivity contribution >= 4 is 27.5 Å². The van der Waals surface area contributed by atoms with E-state index in [0.29, 0.717) is 31.1 Å². The summed E-state index contributed by atoms with van der Waals surface area (Å²) in [6, 6.07) is 4.44. The largest absolute Gasteiger partial charge is 0.479 e. The van der Waals surface area contributed by atoms with Crippen molar-refractivity contribution in [2.75, 3.05) is 38.1 Å². The summed E-state index contributed by atoms with van der Waals surface area (Å²) in [5, 5.41) is 2.66. The van der Waals surface area contributed by atoms with Crippen molar-refractivity contribution < 1.29 is 27.5 Å². The number of anilines is 1. The van der Waals surface area contributed by atoms with E-state index in [1.54, 1.807) is 17.9 Å². The van der Waals surface area contributed by atoms with Crippen molar-refractivity contribution in [3.63, 3.8) is 0 Å². The SMILES string of the molecule is C[C@@H]1Oc2ccc(S(=O)(=O)N3CCN(C(=O)[C@@H]4CCCO4)CC3)cc2NC1=O. The Bertz CT molecular complexity index is 889. The van der Waals surface area contributed by atoms with E-state index in [4.69, 9.17) is 9.47 Å². The number of hydrogen-bond acceptors (Lipinski definition) is 6. The van der Waals surface area contributed by atoms with E-state index in [1.807, 2.05) is 0 Å². The van der Waals surface area contributed by atoms with Crippen LogP contribution in [0.5, 0.6) is 5.75 Å². The van der Waals surface area contributed by atoms with Crippen LogP contribution in [0.3, 0.4) is 0 Å². The van der Waals surface area contributed by atoms with E-state index in [2.05, 4.69) is 5.32 Å². The molecule has 0 aliphatic carbocycles. The van der Waals surface area contributed by atoms with Gasteiger partial charge in [-0.1, -0.05) is 0 Å². The highest BCUT2D eigenvalue weighted by Gasteiger charge is 2.34. The first-order valence-corrected chi connectivity index (χ1v) is 10.8. The molecule has 0 aromatic heterocycles. The lowest BCUT2D eigenvalue weighted by molar-refractivity contribution is -0.142. The van der Waals surface area contributed by atoms with Crippen molar-refractivity contribution in [1.29, 1.82) is 0 Å². The summed E-state index contributed by atoms with van der Waals surface area (Å²) in [6.45, 7) is 3.33. The fraction of sp³-hybridized carbons (Fsp3) is 0.556. The molecule has 0 bridgehead atoms.